The Labute approximate surface area is 158 Å². The molecule has 0 radical (unpaired) electrons. The highest BCUT2D eigenvalue weighted by Crippen LogP contribution is 2.32. The molecule has 3 aliphatic heterocycles. The van der Waals surface area contributed by atoms with Gasteiger partial charge in [-0.1, -0.05) is 6.07 Å². The van der Waals surface area contributed by atoms with E-state index in [-0.39, 0.29) is 0 Å². The lowest BCUT2D eigenvalue weighted by Gasteiger charge is -2.31. The molecule has 27 heavy (non-hydrogen) atoms. The molecular weight excluding hydrogens is 344 g/mol. The Morgan fingerprint density at radius 3 is 2.81 bits per heavy atom. The van der Waals surface area contributed by atoms with Crippen molar-refractivity contribution in [1.29, 1.82) is 0 Å². The minimum atomic E-state index is 0.327. The lowest BCUT2D eigenvalue weighted by molar-refractivity contribution is 0.0871. The number of hydrogen-bond donors (Lipinski definition) is 0. The Morgan fingerprint density at radius 2 is 1.93 bits per heavy atom. The van der Waals surface area contributed by atoms with Gasteiger partial charge in [0.15, 0.2) is 11.5 Å². The van der Waals surface area contributed by atoms with Gasteiger partial charge in [0.25, 0.3) is 0 Å². The summed E-state index contributed by atoms with van der Waals surface area (Å²) in [4.78, 5) is 13.6. The van der Waals surface area contributed by atoms with E-state index in [0.717, 1.165) is 56.7 Å². The molecule has 0 spiro atoms. The maximum absolute atomic E-state index is 5.96. The van der Waals surface area contributed by atoms with E-state index in [1.54, 1.807) is 12.4 Å². The SMILES string of the molecule is c1cnc(N2C[C@@H]3COC[C@H](C2)N(Cc2ccc4c(c2)OCCO4)C3)cn1. The Bertz CT molecular complexity index is 788. The van der Waals surface area contributed by atoms with Crippen LogP contribution >= 0.6 is 0 Å². The highest BCUT2D eigenvalue weighted by molar-refractivity contribution is 5.44. The molecule has 0 aliphatic carbocycles. The van der Waals surface area contributed by atoms with Crippen LogP contribution in [0.2, 0.25) is 0 Å². The number of hydrogen-bond acceptors (Lipinski definition) is 7. The van der Waals surface area contributed by atoms with E-state index < -0.39 is 0 Å². The molecule has 0 unspecified atom stereocenters. The minimum Gasteiger partial charge on any atom is -0.486 e. The van der Waals surface area contributed by atoms with Crippen LogP contribution in [0.25, 0.3) is 0 Å². The summed E-state index contributed by atoms with van der Waals surface area (Å²) >= 11 is 0. The van der Waals surface area contributed by atoms with Crippen molar-refractivity contribution in [1.82, 2.24) is 14.9 Å². The second-order valence-corrected chi connectivity index (χ2v) is 7.43. The monoisotopic (exact) mass is 368 g/mol. The first-order valence-corrected chi connectivity index (χ1v) is 9.56. The molecule has 2 bridgehead atoms. The van der Waals surface area contributed by atoms with Crippen LogP contribution in [0.4, 0.5) is 5.82 Å². The molecule has 2 atom stereocenters. The smallest absolute Gasteiger partial charge is 0.161 e. The molecule has 0 N–H and O–H groups in total. The van der Waals surface area contributed by atoms with Gasteiger partial charge in [0.05, 0.1) is 25.5 Å². The fourth-order valence-corrected chi connectivity index (χ4v) is 4.18. The fourth-order valence-electron chi connectivity index (χ4n) is 4.18. The van der Waals surface area contributed by atoms with Crippen LogP contribution in [0.5, 0.6) is 11.5 Å². The van der Waals surface area contributed by atoms with Gasteiger partial charge >= 0.3 is 0 Å². The third-order valence-corrected chi connectivity index (χ3v) is 5.45. The van der Waals surface area contributed by atoms with E-state index in [9.17, 15) is 0 Å². The number of ether oxygens (including phenoxy) is 3. The highest BCUT2D eigenvalue weighted by Gasteiger charge is 2.34. The molecular formula is C20H24N4O3. The second-order valence-electron chi connectivity index (χ2n) is 7.43. The summed E-state index contributed by atoms with van der Waals surface area (Å²) in [6, 6.07) is 6.61. The van der Waals surface area contributed by atoms with E-state index in [2.05, 4.69) is 31.9 Å². The maximum Gasteiger partial charge on any atom is 0.161 e. The van der Waals surface area contributed by atoms with Crippen molar-refractivity contribution in [2.75, 3.05) is 51.0 Å². The van der Waals surface area contributed by atoms with Crippen molar-refractivity contribution >= 4 is 5.82 Å². The molecule has 2 aromatic rings. The molecule has 1 aromatic heterocycles. The molecule has 5 rings (SSSR count). The zero-order valence-electron chi connectivity index (χ0n) is 15.3. The average molecular weight is 368 g/mol. The van der Waals surface area contributed by atoms with Crippen LogP contribution in [0.3, 0.4) is 0 Å². The molecule has 7 nitrogen and oxygen atoms in total. The molecule has 0 saturated carbocycles. The van der Waals surface area contributed by atoms with E-state index in [0.29, 0.717) is 25.2 Å². The molecule has 142 valence electrons. The number of fused-ring (bicyclic) bond motifs is 4. The van der Waals surface area contributed by atoms with Gasteiger partial charge in [0, 0.05) is 44.5 Å². The van der Waals surface area contributed by atoms with Crippen molar-refractivity contribution in [3.05, 3.63) is 42.4 Å². The molecule has 0 amide bonds. The lowest BCUT2D eigenvalue weighted by Crippen LogP contribution is -2.43. The number of nitrogens with zero attached hydrogens (tertiary/aromatic N) is 4. The van der Waals surface area contributed by atoms with Crippen molar-refractivity contribution < 1.29 is 14.2 Å². The van der Waals surface area contributed by atoms with E-state index in [4.69, 9.17) is 14.2 Å². The number of anilines is 1. The van der Waals surface area contributed by atoms with Crippen molar-refractivity contribution in [2.24, 2.45) is 5.92 Å². The maximum atomic E-state index is 5.96. The van der Waals surface area contributed by atoms with Crippen molar-refractivity contribution in [2.45, 2.75) is 12.6 Å². The standard InChI is InChI=1S/C20H24N4O3/c1-2-18-19(27-6-5-26-18)7-15(1)9-23-10-16-11-24(12-17(23)14-25-13-16)20-8-21-3-4-22-20/h1-4,7-8,16-17H,5-6,9-14H2/t16-,17+/m1/s1. The van der Waals surface area contributed by atoms with Gasteiger partial charge in [-0.05, 0) is 17.7 Å². The largest absolute Gasteiger partial charge is 0.486 e. The number of benzene rings is 1. The zero-order valence-corrected chi connectivity index (χ0v) is 15.3. The molecule has 2 fully saturated rings. The van der Waals surface area contributed by atoms with E-state index in [1.807, 2.05) is 12.3 Å². The summed E-state index contributed by atoms with van der Waals surface area (Å²) in [5.41, 5.74) is 1.25. The van der Waals surface area contributed by atoms with Crippen LogP contribution in [-0.4, -0.2) is 67.0 Å². The first-order valence-electron chi connectivity index (χ1n) is 9.56. The molecule has 2 saturated heterocycles. The van der Waals surface area contributed by atoms with Crippen molar-refractivity contribution in [3.8, 4) is 11.5 Å². The summed E-state index contributed by atoms with van der Waals surface area (Å²) < 4.78 is 17.3. The van der Waals surface area contributed by atoms with Crippen LogP contribution in [0.1, 0.15) is 5.56 Å². The molecule has 3 aliphatic rings. The van der Waals surface area contributed by atoms with E-state index >= 15 is 0 Å². The summed E-state index contributed by atoms with van der Waals surface area (Å²) in [6.07, 6.45) is 5.34. The second kappa shape index (κ2) is 7.32. The van der Waals surface area contributed by atoms with Crippen molar-refractivity contribution in [3.63, 3.8) is 0 Å². The Balaban J connectivity index is 1.36. The first kappa shape index (κ1) is 16.8. The minimum absolute atomic E-state index is 0.327. The highest BCUT2D eigenvalue weighted by atomic mass is 16.6. The predicted molar refractivity (Wildman–Crippen MR) is 100 cm³/mol. The number of aromatic nitrogens is 2. The van der Waals surface area contributed by atoms with Gasteiger partial charge in [-0.2, -0.15) is 0 Å². The summed E-state index contributed by atoms with van der Waals surface area (Å²) in [5, 5.41) is 0. The van der Waals surface area contributed by atoms with Gasteiger partial charge in [-0.3, -0.25) is 9.88 Å². The van der Waals surface area contributed by atoms with Crippen LogP contribution in [-0.2, 0) is 11.3 Å². The zero-order chi connectivity index (χ0) is 18.1. The fraction of sp³-hybridized carbons (Fsp3) is 0.500. The molecule has 4 heterocycles. The van der Waals surface area contributed by atoms with Gasteiger partial charge in [0.1, 0.15) is 19.0 Å². The normalized spacial score (nSPS) is 25.1. The summed E-state index contributed by atoms with van der Waals surface area (Å²) in [6.45, 7) is 6.55. The number of rotatable bonds is 3. The summed E-state index contributed by atoms with van der Waals surface area (Å²) in [7, 11) is 0. The first-order chi connectivity index (χ1) is 13.3. The Morgan fingerprint density at radius 1 is 1.00 bits per heavy atom. The molecule has 1 aromatic carbocycles. The van der Waals surface area contributed by atoms with Crippen LogP contribution in [0, 0.1) is 5.92 Å². The van der Waals surface area contributed by atoms with Gasteiger partial charge in [-0.15, -0.1) is 0 Å². The van der Waals surface area contributed by atoms with Crippen LogP contribution < -0.4 is 14.4 Å². The van der Waals surface area contributed by atoms with Gasteiger partial charge < -0.3 is 19.1 Å². The van der Waals surface area contributed by atoms with Gasteiger partial charge in [0.2, 0.25) is 0 Å². The quantitative estimate of drug-likeness (QED) is 0.815. The lowest BCUT2D eigenvalue weighted by atomic mass is 10.1. The Kier molecular flexibility index (Phi) is 4.55. The Hall–Kier alpha value is -2.38. The van der Waals surface area contributed by atoms with Gasteiger partial charge in [-0.25, -0.2) is 4.98 Å². The third-order valence-electron chi connectivity index (χ3n) is 5.45. The summed E-state index contributed by atoms with van der Waals surface area (Å²) in [5.74, 6) is 3.11. The topological polar surface area (TPSA) is 60.0 Å². The van der Waals surface area contributed by atoms with Crippen LogP contribution in [0.15, 0.2) is 36.8 Å². The molecule has 7 heteroatoms. The predicted octanol–water partition coefficient (Wildman–Crippen LogP) is 1.58. The average Bonchev–Trinajstić information content (AvgIpc) is 2.98. The van der Waals surface area contributed by atoms with E-state index in [1.165, 1.54) is 5.56 Å². The third kappa shape index (κ3) is 3.57.